The second-order valence-electron chi connectivity index (χ2n) is 6.17. The molecule has 0 saturated carbocycles. The van der Waals surface area contributed by atoms with Crippen LogP contribution in [0.1, 0.15) is 37.0 Å². The van der Waals surface area contributed by atoms with E-state index in [1.54, 1.807) is 39.8 Å². The van der Waals surface area contributed by atoms with Gasteiger partial charge in [0.25, 0.3) is 5.91 Å². The van der Waals surface area contributed by atoms with Gasteiger partial charge in [-0.1, -0.05) is 11.2 Å². The minimum absolute atomic E-state index is 0.0589. The fourth-order valence-corrected chi connectivity index (χ4v) is 3.33. The first kappa shape index (κ1) is 17.2. The fourth-order valence-electron chi connectivity index (χ4n) is 1.87. The first-order chi connectivity index (χ1) is 10.6. The zero-order chi connectivity index (χ0) is 17.3. The van der Waals surface area contributed by atoms with Crippen molar-refractivity contribution in [1.29, 1.82) is 0 Å². The molecule has 1 aromatic heterocycles. The van der Waals surface area contributed by atoms with E-state index in [1.807, 2.05) is 0 Å². The number of benzene rings is 1. The van der Waals surface area contributed by atoms with Crippen LogP contribution >= 0.6 is 0 Å². The van der Waals surface area contributed by atoms with E-state index in [2.05, 4.69) is 15.2 Å². The van der Waals surface area contributed by atoms with Crippen molar-refractivity contribution in [3.63, 3.8) is 0 Å². The van der Waals surface area contributed by atoms with Gasteiger partial charge in [0.05, 0.1) is 10.6 Å². The van der Waals surface area contributed by atoms with Crippen LogP contribution in [0.5, 0.6) is 0 Å². The molecule has 0 unspecified atom stereocenters. The number of sulfonamides is 1. The molecule has 1 aromatic carbocycles. The lowest BCUT2D eigenvalue weighted by molar-refractivity contribution is 0.0988. The second kappa shape index (κ2) is 6.13. The summed E-state index contributed by atoms with van der Waals surface area (Å²) >= 11 is 0. The van der Waals surface area contributed by atoms with Gasteiger partial charge in [0, 0.05) is 17.3 Å². The van der Waals surface area contributed by atoms with Crippen LogP contribution in [0.15, 0.2) is 39.8 Å². The molecule has 0 aliphatic rings. The lowest BCUT2D eigenvalue weighted by Gasteiger charge is -2.20. The highest BCUT2D eigenvalue weighted by Gasteiger charge is 2.22. The Morgan fingerprint density at radius 3 is 2.48 bits per heavy atom. The summed E-state index contributed by atoms with van der Waals surface area (Å²) in [5, 5.41) is 6.22. The van der Waals surface area contributed by atoms with Crippen LogP contribution in [-0.2, 0) is 10.0 Å². The molecule has 0 spiro atoms. The lowest BCUT2D eigenvalue weighted by Crippen LogP contribution is -2.40. The SMILES string of the molecule is Cc1cc(C(=O)Nc2cccc(S(=O)(=O)NC(C)(C)C)c2)on1. The van der Waals surface area contributed by atoms with Crippen molar-refractivity contribution in [2.45, 2.75) is 38.1 Å². The van der Waals surface area contributed by atoms with Gasteiger partial charge >= 0.3 is 0 Å². The van der Waals surface area contributed by atoms with Gasteiger partial charge in [0.15, 0.2) is 0 Å². The van der Waals surface area contributed by atoms with Crippen LogP contribution in [0.3, 0.4) is 0 Å². The zero-order valence-electron chi connectivity index (χ0n) is 13.4. The molecule has 0 radical (unpaired) electrons. The third-order valence-corrected chi connectivity index (χ3v) is 4.45. The highest BCUT2D eigenvalue weighted by molar-refractivity contribution is 7.89. The van der Waals surface area contributed by atoms with Crippen LogP contribution < -0.4 is 10.0 Å². The third kappa shape index (κ3) is 4.64. The normalized spacial score (nSPS) is 12.2. The molecule has 1 amide bonds. The van der Waals surface area contributed by atoms with Gasteiger partial charge in [0.2, 0.25) is 15.8 Å². The van der Waals surface area contributed by atoms with Gasteiger partial charge in [-0.2, -0.15) is 0 Å². The van der Waals surface area contributed by atoms with Gasteiger partial charge in [0.1, 0.15) is 0 Å². The lowest BCUT2D eigenvalue weighted by atomic mass is 10.1. The van der Waals surface area contributed by atoms with E-state index in [0.29, 0.717) is 11.4 Å². The number of anilines is 1. The largest absolute Gasteiger partial charge is 0.351 e. The number of carbonyl (C=O) groups excluding carboxylic acids is 1. The third-order valence-electron chi connectivity index (χ3n) is 2.69. The summed E-state index contributed by atoms with van der Waals surface area (Å²) in [7, 11) is -3.67. The Hall–Kier alpha value is -2.19. The summed E-state index contributed by atoms with van der Waals surface area (Å²) in [5.74, 6) is -0.437. The molecule has 2 aromatic rings. The van der Waals surface area contributed by atoms with Crippen LogP contribution in [0.25, 0.3) is 0 Å². The number of amides is 1. The molecule has 0 aliphatic carbocycles. The van der Waals surface area contributed by atoms with Crippen molar-refractivity contribution in [2.24, 2.45) is 0 Å². The number of rotatable bonds is 4. The first-order valence-corrected chi connectivity index (χ1v) is 8.44. The number of aromatic nitrogens is 1. The van der Waals surface area contributed by atoms with E-state index in [4.69, 9.17) is 4.52 Å². The number of hydrogen-bond acceptors (Lipinski definition) is 5. The predicted octanol–water partition coefficient (Wildman–Crippen LogP) is 2.31. The summed E-state index contributed by atoms with van der Waals surface area (Å²) in [6.45, 7) is 6.96. The van der Waals surface area contributed by atoms with Crippen LogP contribution in [0, 0.1) is 6.92 Å². The molecule has 0 aliphatic heterocycles. The van der Waals surface area contributed by atoms with E-state index in [0.717, 1.165) is 0 Å². The van der Waals surface area contributed by atoms with E-state index in [9.17, 15) is 13.2 Å². The molecule has 0 atom stereocenters. The van der Waals surface area contributed by atoms with Gasteiger partial charge in [-0.15, -0.1) is 0 Å². The number of nitrogens with zero attached hydrogens (tertiary/aromatic N) is 1. The maximum atomic E-state index is 12.3. The second-order valence-corrected chi connectivity index (χ2v) is 7.85. The van der Waals surface area contributed by atoms with Crippen molar-refractivity contribution in [1.82, 2.24) is 9.88 Å². The van der Waals surface area contributed by atoms with E-state index >= 15 is 0 Å². The molecule has 23 heavy (non-hydrogen) atoms. The summed E-state index contributed by atoms with van der Waals surface area (Å²) in [6.07, 6.45) is 0. The number of carbonyl (C=O) groups is 1. The molecule has 124 valence electrons. The standard InChI is InChI=1S/C15H19N3O4S/c1-10-8-13(22-17-10)14(19)16-11-6-5-7-12(9-11)23(20,21)18-15(2,3)4/h5-9,18H,1-4H3,(H,16,19). The number of aryl methyl sites for hydroxylation is 1. The van der Waals surface area contributed by atoms with Crippen LogP contribution in [0.4, 0.5) is 5.69 Å². The fraction of sp³-hybridized carbons (Fsp3) is 0.333. The highest BCUT2D eigenvalue weighted by atomic mass is 32.2. The van der Waals surface area contributed by atoms with Gasteiger partial charge in [-0.05, 0) is 45.9 Å². The molecule has 2 rings (SSSR count). The summed E-state index contributed by atoms with van der Waals surface area (Å²) in [5.41, 5.74) is 0.330. The maximum absolute atomic E-state index is 12.3. The molecular formula is C15H19N3O4S. The van der Waals surface area contributed by atoms with Crippen LogP contribution in [-0.4, -0.2) is 25.0 Å². The van der Waals surface area contributed by atoms with E-state index in [-0.39, 0.29) is 10.7 Å². The van der Waals surface area contributed by atoms with Crippen molar-refractivity contribution in [3.8, 4) is 0 Å². The van der Waals surface area contributed by atoms with Crippen LogP contribution in [0.2, 0.25) is 0 Å². The zero-order valence-corrected chi connectivity index (χ0v) is 14.2. The maximum Gasteiger partial charge on any atom is 0.294 e. The van der Waals surface area contributed by atoms with Crippen molar-refractivity contribution < 1.29 is 17.7 Å². The minimum Gasteiger partial charge on any atom is -0.351 e. The molecule has 0 bridgehead atoms. The Kier molecular flexibility index (Phi) is 4.58. The van der Waals surface area contributed by atoms with Crippen molar-refractivity contribution in [3.05, 3.63) is 41.8 Å². The summed E-state index contributed by atoms with van der Waals surface area (Å²) < 4.78 is 32.0. The molecule has 0 saturated heterocycles. The van der Waals surface area contributed by atoms with E-state index in [1.165, 1.54) is 18.2 Å². The Morgan fingerprint density at radius 1 is 1.22 bits per heavy atom. The van der Waals surface area contributed by atoms with Crippen molar-refractivity contribution >= 4 is 21.6 Å². The smallest absolute Gasteiger partial charge is 0.294 e. The Labute approximate surface area is 135 Å². The predicted molar refractivity (Wildman–Crippen MR) is 85.7 cm³/mol. The van der Waals surface area contributed by atoms with Crippen molar-refractivity contribution in [2.75, 3.05) is 5.32 Å². The molecular weight excluding hydrogens is 318 g/mol. The number of hydrogen-bond donors (Lipinski definition) is 2. The quantitative estimate of drug-likeness (QED) is 0.891. The molecule has 8 heteroatoms. The first-order valence-electron chi connectivity index (χ1n) is 6.95. The minimum atomic E-state index is -3.67. The number of nitrogens with one attached hydrogen (secondary N) is 2. The molecule has 1 heterocycles. The average molecular weight is 337 g/mol. The van der Waals surface area contributed by atoms with Gasteiger partial charge in [-0.3, -0.25) is 4.79 Å². The van der Waals surface area contributed by atoms with Gasteiger partial charge in [-0.25, -0.2) is 13.1 Å². The molecule has 2 N–H and O–H groups in total. The van der Waals surface area contributed by atoms with E-state index < -0.39 is 21.5 Å². The monoisotopic (exact) mass is 337 g/mol. The molecule has 0 fully saturated rings. The Balaban J connectivity index is 2.22. The topological polar surface area (TPSA) is 101 Å². The highest BCUT2D eigenvalue weighted by Crippen LogP contribution is 2.18. The Morgan fingerprint density at radius 2 is 1.91 bits per heavy atom. The molecule has 7 nitrogen and oxygen atoms in total. The summed E-state index contributed by atoms with van der Waals surface area (Å²) in [4.78, 5) is 12.1. The average Bonchev–Trinajstić information content (AvgIpc) is 2.83. The summed E-state index contributed by atoms with van der Waals surface area (Å²) in [6, 6.07) is 7.49. The Bertz CT molecular complexity index is 819. The van der Waals surface area contributed by atoms with Gasteiger partial charge < -0.3 is 9.84 Å².